The molecule has 1 aliphatic rings. The van der Waals surface area contributed by atoms with E-state index in [4.69, 9.17) is 27.9 Å². The van der Waals surface area contributed by atoms with Crippen molar-refractivity contribution < 1.29 is 14.3 Å². The molecule has 1 aliphatic carbocycles. The van der Waals surface area contributed by atoms with Gasteiger partial charge in [0, 0.05) is 10.9 Å². The number of benzene rings is 3. The first-order valence-electron chi connectivity index (χ1n) is 11.3. The summed E-state index contributed by atoms with van der Waals surface area (Å²) in [5, 5.41) is 4.74. The minimum Gasteiger partial charge on any atom is -0.423 e. The predicted molar refractivity (Wildman–Crippen MR) is 140 cm³/mol. The number of carbonyl (C=O) groups is 2. The zero-order valence-electron chi connectivity index (χ0n) is 19.7. The number of rotatable bonds is 6. The van der Waals surface area contributed by atoms with Gasteiger partial charge in [0.25, 0.3) is 0 Å². The fourth-order valence-corrected chi connectivity index (χ4v) is 4.26. The van der Waals surface area contributed by atoms with E-state index < -0.39 is 5.97 Å². The number of nitrogens with one attached hydrogen (secondary N) is 1. The van der Waals surface area contributed by atoms with E-state index in [1.807, 2.05) is 0 Å². The van der Waals surface area contributed by atoms with Gasteiger partial charge in [-0.25, -0.2) is 10.2 Å². The van der Waals surface area contributed by atoms with Crippen LogP contribution in [0.3, 0.4) is 0 Å². The van der Waals surface area contributed by atoms with Crippen LogP contribution in [0.2, 0.25) is 10.0 Å². The van der Waals surface area contributed by atoms with Crippen molar-refractivity contribution >= 4 is 41.3 Å². The lowest BCUT2D eigenvalue weighted by molar-refractivity contribution is -0.122. The molecule has 0 aromatic heterocycles. The van der Waals surface area contributed by atoms with E-state index in [2.05, 4.69) is 55.6 Å². The van der Waals surface area contributed by atoms with Gasteiger partial charge in [0.05, 0.1) is 16.8 Å². The van der Waals surface area contributed by atoms with Gasteiger partial charge in [-0.2, -0.15) is 5.10 Å². The minimum absolute atomic E-state index is 0.0610. The third-order valence-corrected chi connectivity index (χ3v) is 6.51. The maximum absolute atomic E-state index is 12.5. The summed E-state index contributed by atoms with van der Waals surface area (Å²) in [6.45, 7) is 6.56. The Bertz CT molecular complexity index is 1260. The molecule has 1 amide bonds. The molecule has 3 aromatic rings. The minimum atomic E-state index is -0.576. The molecule has 0 saturated heterocycles. The smallest absolute Gasteiger partial charge is 0.345 e. The second-order valence-electron chi connectivity index (χ2n) is 9.64. The molecule has 7 heteroatoms. The van der Waals surface area contributed by atoms with Crippen LogP contribution in [0.25, 0.3) is 0 Å². The molecule has 5 nitrogen and oxygen atoms in total. The first-order valence-corrected chi connectivity index (χ1v) is 12.1. The van der Waals surface area contributed by atoms with Crippen molar-refractivity contribution in [3.8, 4) is 5.75 Å². The standard InChI is InChI=1S/C28H26Cl2N2O3/c1-28(2,3)19-8-6-18(7-9-19)23-15-24(23)26(33)32-31-16-17-4-11-21(12-5-17)35-27(34)22-13-10-20(29)14-25(22)30/h4-14,16,23-24H,15H2,1-3H3,(H,32,33). The van der Waals surface area contributed by atoms with Crippen molar-refractivity contribution in [2.45, 2.75) is 38.5 Å². The van der Waals surface area contributed by atoms with Gasteiger partial charge in [0.2, 0.25) is 5.91 Å². The Morgan fingerprint density at radius 3 is 2.31 bits per heavy atom. The highest BCUT2D eigenvalue weighted by Gasteiger charge is 2.44. The van der Waals surface area contributed by atoms with Crippen LogP contribution in [0.1, 0.15) is 60.2 Å². The Morgan fingerprint density at radius 2 is 1.69 bits per heavy atom. The maximum atomic E-state index is 12.5. The summed E-state index contributed by atoms with van der Waals surface area (Å²) in [5.74, 6) is -0.124. The summed E-state index contributed by atoms with van der Waals surface area (Å²) in [6.07, 6.45) is 2.38. The molecule has 2 unspecified atom stereocenters. The van der Waals surface area contributed by atoms with Gasteiger partial charge in [-0.1, -0.05) is 68.2 Å². The summed E-state index contributed by atoms with van der Waals surface area (Å²) >= 11 is 11.9. The zero-order valence-corrected chi connectivity index (χ0v) is 21.2. The maximum Gasteiger partial charge on any atom is 0.345 e. The molecule has 3 aromatic carbocycles. The number of carbonyl (C=O) groups excluding carboxylic acids is 2. The van der Waals surface area contributed by atoms with E-state index in [1.54, 1.807) is 36.5 Å². The fraction of sp³-hybridized carbons (Fsp3) is 0.250. The number of amides is 1. The first-order chi connectivity index (χ1) is 16.6. The second kappa shape index (κ2) is 10.2. The molecule has 1 N–H and O–H groups in total. The Kier molecular flexibility index (Phi) is 7.29. The van der Waals surface area contributed by atoms with Gasteiger partial charge in [-0.15, -0.1) is 0 Å². The molecular weight excluding hydrogens is 483 g/mol. The lowest BCUT2D eigenvalue weighted by atomic mass is 9.86. The van der Waals surface area contributed by atoms with E-state index in [1.165, 1.54) is 23.3 Å². The molecule has 1 saturated carbocycles. The summed E-state index contributed by atoms with van der Waals surface area (Å²) in [4.78, 5) is 24.8. The van der Waals surface area contributed by atoms with Gasteiger partial charge in [-0.05, 0) is 76.9 Å². The molecule has 0 bridgehead atoms. The molecule has 180 valence electrons. The van der Waals surface area contributed by atoms with Crippen LogP contribution in [0.15, 0.2) is 71.8 Å². The lowest BCUT2D eigenvalue weighted by Gasteiger charge is -2.19. The molecule has 2 atom stereocenters. The van der Waals surface area contributed by atoms with Gasteiger partial charge < -0.3 is 4.74 Å². The third-order valence-electron chi connectivity index (χ3n) is 5.96. The SMILES string of the molecule is CC(C)(C)c1ccc(C2CC2C(=O)NN=Cc2ccc(OC(=O)c3ccc(Cl)cc3Cl)cc2)cc1. The normalized spacial score (nSPS) is 17.3. The van der Waals surface area contributed by atoms with Crippen LogP contribution in [0, 0.1) is 5.92 Å². The molecule has 4 rings (SSSR count). The monoisotopic (exact) mass is 508 g/mol. The summed E-state index contributed by atoms with van der Waals surface area (Å²) < 4.78 is 5.36. The molecule has 0 spiro atoms. The third kappa shape index (κ3) is 6.30. The molecule has 0 radical (unpaired) electrons. The molecule has 35 heavy (non-hydrogen) atoms. The summed E-state index contributed by atoms with van der Waals surface area (Å²) in [5.41, 5.74) is 6.18. The predicted octanol–water partition coefficient (Wildman–Crippen LogP) is 6.76. The number of hydrogen-bond donors (Lipinski definition) is 1. The topological polar surface area (TPSA) is 67.8 Å². The second-order valence-corrected chi connectivity index (χ2v) is 10.5. The fourth-order valence-electron chi connectivity index (χ4n) is 3.78. The average molecular weight is 509 g/mol. The van der Waals surface area contributed by atoms with Gasteiger partial charge in [0.1, 0.15) is 5.75 Å². The van der Waals surface area contributed by atoms with Crippen molar-refractivity contribution in [1.29, 1.82) is 0 Å². The molecule has 1 fully saturated rings. The summed E-state index contributed by atoms with van der Waals surface area (Å²) in [7, 11) is 0. The largest absolute Gasteiger partial charge is 0.423 e. The van der Waals surface area contributed by atoms with Crippen molar-refractivity contribution in [3.63, 3.8) is 0 Å². The van der Waals surface area contributed by atoms with E-state index >= 15 is 0 Å². The van der Waals surface area contributed by atoms with Crippen LogP contribution in [0.5, 0.6) is 5.75 Å². The van der Waals surface area contributed by atoms with Crippen LogP contribution in [0.4, 0.5) is 0 Å². The van der Waals surface area contributed by atoms with Crippen LogP contribution in [-0.2, 0) is 10.2 Å². The Labute approximate surface area is 215 Å². The molecule has 0 aliphatic heterocycles. The Balaban J connectivity index is 1.27. The Hall–Kier alpha value is -3.15. The number of hydrogen-bond acceptors (Lipinski definition) is 4. The quantitative estimate of drug-likeness (QED) is 0.173. The number of nitrogens with zero attached hydrogens (tertiary/aromatic N) is 1. The van der Waals surface area contributed by atoms with Crippen LogP contribution >= 0.6 is 23.2 Å². The van der Waals surface area contributed by atoms with Gasteiger partial charge in [-0.3, -0.25) is 4.79 Å². The van der Waals surface area contributed by atoms with Crippen molar-refractivity contribution in [2.75, 3.05) is 0 Å². The number of halogens is 2. The van der Waals surface area contributed by atoms with Gasteiger partial charge >= 0.3 is 5.97 Å². The number of esters is 1. The van der Waals surface area contributed by atoms with E-state index in [9.17, 15) is 9.59 Å². The van der Waals surface area contributed by atoms with Crippen molar-refractivity contribution in [2.24, 2.45) is 11.0 Å². The van der Waals surface area contributed by atoms with E-state index in [-0.39, 0.29) is 33.7 Å². The van der Waals surface area contributed by atoms with Crippen molar-refractivity contribution in [1.82, 2.24) is 5.43 Å². The molecular formula is C28H26Cl2N2O3. The highest BCUT2D eigenvalue weighted by molar-refractivity contribution is 6.36. The summed E-state index contributed by atoms with van der Waals surface area (Å²) in [6, 6.07) is 19.9. The lowest BCUT2D eigenvalue weighted by Crippen LogP contribution is -2.20. The highest BCUT2D eigenvalue weighted by atomic mass is 35.5. The number of hydrazone groups is 1. The Morgan fingerprint density at radius 1 is 1.00 bits per heavy atom. The van der Waals surface area contributed by atoms with Crippen LogP contribution < -0.4 is 10.2 Å². The van der Waals surface area contributed by atoms with Gasteiger partial charge in [0.15, 0.2) is 0 Å². The van der Waals surface area contributed by atoms with E-state index in [0.29, 0.717) is 10.8 Å². The average Bonchev–Trinajstić information content (AvgIpc) is 3.61. The number of ether oxygens (including phenoxy) is 1. The van der Waals surface area contributed by atoms with E-state index in [0.717, 1.165) is 12.0 Å². The van der Waals surface area contributed by atoms with Crippen LogP contribution in [-0.4, -0.2) is 18.1 Å². The van der Waals surface area contributed by atoms with Crippen molar-refractivity contribution in [3.05, 3.63) is 99.0 Å². The zero-order chi connectivity index (χ0) is 25.2. The first kappa shape index (κ1) is 25.0. The molecule has 0 heterocycles. The highest BCUT2D eigenvalue weighted by Crippen LogP contribution is 2.47.